The van der Waals surface area contributed by atoms with Crippen molar-refractivity contribution >= 4 is 16.9 Å². The van der Waals surface area contributed by atoms with Gasteiger partial charge in [-0.15, -0.1) is 0 Å². The average Bonchev–Trinajstić information content (AvgIpc) is 2.62. The number of ether oxygens (including phenoxy) is 1. The maximum Gasteiger partial charge on any atom is 0.349 e. The van der Waals surface area contributed by atoms with Gasteiger partial charge in [-0.05, 0) is 49.9 Å². The second kappa shape index (κ2) is 8.39. The highest BCUT2D eigenvalue weighted by molar-refractivity contribution is 5.97. The van der Waals surface area contributed by atoms with Gasteiger partial charge >= 0.3 is 5.63 Å². The number of carbonyl (C=O) groups excluding carboxylic acids is 1. The number of unbranched alkanes of at least 4 members (excludes halogenated alkanes) is 1. The third-order valence-electron chi connectivity index (χ3n) is 4.88. The van der Waals surface area contributed by atoms with E-state index in [1.54, 1.807) is 6.07 Å². The number of rotatable bonds is 6. The number of carbonyl (C=O) groups is 1. The molecule has 2 aromatic rings. The van der Waals surface area contributed by atoms with Crippen LogP contribution in [-0.4, -0.2) is 18.6 Å². The summed E-state index contributed by atoms with van der Waals surface area (Å²) in [5.41, 5.74) is 0.852. The number of benzene rings is 1. The van der Waals surface area contributed by atoms with Crippen LogP contribution in [0.4, 0.5) is 0 Å². The normalized spacial score (nSPS) is 15.2. The monoisotopic (exact) mass is 357 g/mol. The van der Waals surface area contributed by atoms with E-state index in [2.05, 4.69) is 12.2 Å². The van der Waals surface area contributed by atoms with Gasteiger partial charge in [-0.2, -0.15) is 0 Å². The molecule has 0 spiro atoms. The Labute approximate surface area is 153 Å². The largest absolute Gasteiger partial charge is 0.490 e. The van der Waals surface area contributed by atoms with Gasteiger partial charge in [0, 0.05) is 11.4 Å². The van der Waals surface area contributed by atoms with Gasteiger partial charge in [0.05, 0.1) is 6.61 Å². The summed E-state index contributed by atoms with van der Waals surface area (Å²) >= 11 is 0. The van der Waals surface area contributed by atoms with Gasteiger partial charge in [0.15, 0.2) is 11.3 Å². The van der Waals surface area contributed by atoms with E-state index in [-0.39, 0.29) is 17.5 Å². The summed E-state index contributed by atoms with van der Waals surface area (Å²) in [6, 6.07) is 5.54. The Morgan fingerprint density at radius 1 is 1.23 bits per heavy atom. The lowest BCUT2D eigenvalue weighted by molar-refractivity contribution is 0.0924. The zero-order chi connectivity index (χ0) is 18.5. The SMILES string of the molecule is CCCCOc1cc(C)cc2cc(C(=O)NC3CCCCC3)c(=O)oc12. The molecule has 140 valence electrons. The van der Waals surface area contributed by atoms with Crippen molar-refractivity contribution in [3.8, 4) is 5.75 Å². The summed E-state index contributed by atoms with van der Waals surface area (Å²) in [5.74, 6) is 0.215. The maximum absolute atomic E-state index is 12.6. The first-order chi connectivity index (χ1) is 12.6. The number of amides is 1. The zero-order valence-electron chi connectivity index (χ0n) is 15.6. The second-order valence-corrected chi connectivity index (χ2v) is 7.14. The van der Waals surface area contributed by atoms with Crippen molar-refractivity contribution in [3.63, 3.8) is 0 Å². The minimum atomic E-state index is -0.616. The van der Waals surface area contributed by atoms with Gasteiger partial charge < -0.3 is 14.5 Å². The van der Waals surface area contributed by atoms with Crippen LogP contribution in [0.5, 0.6) is 5.75 Å². The van der Waals surface area contributed by atoms with E-state index in [1.807, 2.05) is 19.1 Å². The lowest BCUT2D eigenvalue weighted by atomic mass is 9.95. The smallest absolute Gasteiger partial charge is 0.349 e. The fraction of sp³-hybridized carbons (Fsp3) is 0.524. The predicted octanol–water partition coefficient (Wildman–Crippen LogP) is 4.34. The third-order valence-corrected chi connectivity index (χ3v) is 4.88. The molecule has 1 amide bonds. The van der Waals surface area contributed by atoms with Crippen LogP contribution in [-0.2, 0) is 0 Å². The highest BCUT2D eigenvalue weighted by atomic mass is 16.5. The first-order valence-corrected chi connectivity index (χ1v) is 9.60. The molecule has 0 bridgehead atoms. The van der Waals surface area contributed by atoms with Gasteiger partial charge in [-0.1, -0.05) is 32.6 Å². The van der Waals surface area contributed by atoms with Crippen molar-refractivity contribution in [2.24, 2.45) is 0 Å². The number of aryl methyl sites for hydroxylation is 1. The Kier molecular flexibility index (Phi) is 5.96. The van der Waals surface area contributed by atoms with Crippen LogP contribution in [0.1, 0.15) is 67.8 Å². The van der Waals surface area contributed by atoms with Gasteiger partial charge in [0.25, 0.3) is 5.91 Å². The molecule has 0 radical (unpaired) electrons. The van der Waals surface area contributed by atoms with Gasteiger partial charge in [0.1, 0.15) is 5.56 Å². The Hall–Kier alpha value is -2.30. The van der Waals surface area contributed by atoms with Crippen LogP contribution >= 0.6 is 0 Å². The second-order valence-electron chi connectivity index (χ2n) is 7.14. The van der Waals surface area contributed by atoms with Gasteiger partial charge in [0.2, 0.25) is 0 Å². The lowest BCUT2D eigenvalue weighted by Crippen LogP contribution is -2.38. The first kappa shape index (κ1) is 18.5. The molecule has 0 aliphatic heterocycles. The molecule has 5 nitrogen and oxygen atoms in total. The zero-order valence-corrected chi connectivity index (χ0v) is 15.6. The van der Waals surface area contributed by atoms with Crippen LogP contribution < -0.4 is 15.7 Å². The molecule has 1 aromatic heterocycles. The minimum absolute atomic E-state index is 0.0631. The topological polar surface area (TPSA) is 68.5 Å². The fourth-order valence-electron chi connectivity index (χ4n) is 3.45. The van der Waals surface area contributed by atoms with E-state index in [4.69, 9.17) is 9.15 Å². The van der Waals surface area contributed by atoms with Crippen LogP contribution in [0.15, 0.2) is 27.4 Å². The summed E-state index contributed by atoms with van der Waals surface area (Å²) in [6.07, 6.45) is 7.35. The number of hydrogen-bond acceptors (Lipinski definition) is 4. The summed E-state index contributed by atoms with van der Waals surface area (Å²) < 4.78 is 11.3. The first-order valence-electron chi connectivity index (χ1n) is 9.60. The Morgan fingerprint density at radius 2 is 2.00 bits per heavy atom. The Morgan fingerprint density at radius 3 is 2.73 bits per heavy atom. The molecule has 1 N–H and O–H groups in total. The molecule has 3 rings (SSSR count). The van der Waals surface area contributed by atoms with Crippen molar-refractivity contribution in [3.05, 3.63) is 39.7 Å². The molecule has 26 heavy (non-hydrogen) atoms. The quantitative estimate of drug-likeness (QED) is 0.617. The van der Waals surface area contributed by atoms with Gasteiger partial charge in [-0.25, -0.2) is 4.79 Å². The highest BCUT2D eigenvalue weighted by Crippen LogP contribution is 2.27. The van der Waals surface area contributed by atoms with Crippen LogP contribution in [0.2, 0.25) is 0 Å². The minimum Gasteiger partial charge on any atom is -0.490 e. The summed E-state index contributed by atoms with van der Waals surface area (Å²) in [5, 5.41) is 3.69. The Balaban J connectivity index is 1.89. The molecular formula is C21H27NO4. The van der Waals surface area contributed by atoms with Crippen molar-refractivity contribution in [1.29, 1.82) is 0 Å². The molecule has 1 aliphatic rings. The highest BCUT2D eigenvalue weighted by Gasteiger charge is 2.20. The lowest BCUT2D eigenvalue weighted by Gasteiger charge is -2.22. The predicted molar refractivity (Wildman–Crippen MR) is 102 cm³/mol. The number of nitrogens with one attached hydrogen (secondary N) is 1. The number of fused-ring (bicyclic) bond motifs is 1. The number of hydrogen-bond donors (Lipinski definition) is 1. The molecule has 1 aromatic carbocycles. The molecule has 0 saturated heterocycles. The van der Waals surface area contributed by atoms with E-state index < -0.39 is 5.63 Å². The summed E-state index contributed by atoms with van der Waals surface area (Å²) in [7, 11) is 0. The van der Waals surface area contributed by atoms with E-state index in [1.165, 1.54) is 6.42 Å². The van der Waals surface area contributed by atoms with Crippen LogP contribution in [0.25, 0.3) is 11.0 Å². The van der Waals surface area contributed by atoms with Crippen molar-refractivity contribution in [1.82, 2.24) is 5.32 Å². The van der Waals surface area contributed by atoms with Gasteiger partial charge in [-0.3, -0.25) is 4.79 Å². The Bertz CT molecular complexity index is 834. The molecule has 5 heteroatoms. The summed E-state index contributed by atoms with van der Waals surface area (Å²) in [6.45, 7) is 4.62. The average molecular weight is 357 g/mol. The van der Waals surface area contributed by atoms with E-state index >= 15 is 0 Å². The third kappa shape index (κ3) is 4.26. The molecule has 1 aliphatic carbocycles. The molecule has 1 saturated carbocycles. The molecule has 1 fully saturated rings. The van der Waals surface area contributed by atoms with Crippen molar-refractivity contribution < 1.29 is 13.9 Å². The van der Waals surface area contributed by atoms with E-state index in [0.29, 0.717) is 23.3 Å². The summed E-state index contributed by atoms with van der Waals surface area (Å²) in [4.78, 5) is 25.0. The standard InChI is InChI=1S/C21H27NO4/c1-3-4-10-25-18-12-14(2)11-15-13-17(21(24)26-19(15)18)20(23)22-16-8-6-5-7-9-16/h11-13,16H,3-10H2,1-2H3,(H,22,23). The molecule has 1 heterocycles. The maximum atomic E-state index is 12.6. The molecular weight excluding hydrogens is 330 g/mol. The molecule has 0 atom stereocenters. The fourth-order valence-corrected chi connectivity index (χ4v) is 3.45. The van der Waals surface area contributed by atoms with Crippen LogP contribution in [0.3, 0.4) is 0 Å². The molecule has 0 unspecified atom stereocenters. The van der Waals surface area contributed by atoms with Crippen molar-refractivity contribution in [2.45, 2.75) is 64.8 Å². The van der Waals surface area contributed by atoms with Crippen LogP contribution in [0, 0.1) is 6.92 Å². The van der Waals surface area contributed by atoms with E-state index in [0.717, 1.165) is 44.1 Å². The van der Waals surface area contributed by atoms with E-state index in [9.17, 15) is 9.59 Å². The van der Waals surface area contributed by atoms with Crippen molar-refractivity contribution in [2.75, 3.05) is 6.61 Å².